The van der Waals surface area contributed by atoms with Crippen LogP contribution in [-0.4, -0.2) is 16.9 Å². The number of hydrogen-bond donors (Lipinski definition) is 1. The summed E-state index contributed by atoms with van der Waals surface area (Å²) in [5, 5.41) is 3.64. The van der Waals surface area contributed by atoms with Crippen LogP contribution in [0.1, 0.15) is 50.5 Å². The molecule has 2 atom stereocenters. The van der Waals surface area contributed by atoms with Gasteiger partial charge in [-0.25, -0.2) is 4.79 Å². The Balaban J connectivity index is 1.91. The zero-order chi connectivity index (χ0) is 19.5. The maximum Gasteiger partial charge on any atom is 0.413 e. The Labute approximate surface area is 165 Å². The summed E-state index contributed by atoms with van der Waals surface area (Å²) in [6, 6.07) is 20.6. The molecule has 3 rings (SSSR count). The van der Waals surface area contributed by atoms with Gasteiger partial charge < -0.3 is 4.74 Å². The lowest BCUT2D eigenvalue weighted by molar-refractivity contribution is 0.0564. The largest absolute Gasteiger partial charge is 0.444 e. The Hall–Kier alpha value is -2.27. The van der Waals surface area contributed by atoms with Crippen LogP contribution in [0.15, 0.2) is 65.7 Å². The second-order valence-corrected chi connectivity index (χ2v) is 9.10. The predicted octanol–water partition coefficient (Wildman–Crippen LogP) is 5.66. The Morgan fingerprint density at radius 2 is 1.70 bits per heavy atom. The van der Waals surface area contributed by atoms with Gasteiger partial charge in [-0.15, -0.1) is 0 Å². The number of hydrogen-bond acceptors (Lipinski definition) is 4. The molecule has 1 aliphatic heterocycles. The quantitative estimate of drug-likeness (QED) is 0.729. The smallest absolute Gasteiger partial charge is 0.413 e. The van der Waals surface area contributed by atoms with Crippen LogP contribution in [0.3, 0.4) is 0 Å². The van der Waals surface area contributed by atoms with Crippen LogP contribution in [0, 0.1) is 0 Å². The average molecular weight is 383 g/mol. The van der Waals surface area contributed by atoms with Gasteiger partial charge in [-0.2, -0.15) is 0 Å². The van der Waals surface area contributed by atoms with Crippen molar-refractivity contribution in [2.45, 2.75) is 50.5 Å². The van der Waals surface area contributed by atoms with Crippen molar-refractivity contribution >= 4 is 23.0 Å². The maximum atomic E-state index is 12.3. The Morgan fingerprint density at radius 3 is 2.30 bits per heavy atom. The van der Waals surface area contributed by atoms with E-state index in [2.05, 4.69) is 36.5 Å². The summed E-state index contributed by atoms with van der Waals surface area (Å²) < 4.78 is 5.41. The molecule has 4 nitrogen and oxygen atoms in total. The first-order chi connectivity index (χ1) is 12.8. The van der Waals surface area contributed by atoms with Gasteiger partial charge >= 0.3 is 6.09 Å². The number of carbonyl (C=O) groups is 1. The van der Waals surface area contributed by atoms with Gasteiger partial charge in [0.2, 0.25) is 0 Å². The number of alkyl carbamates (subject to hydrolysis) is 1. The van der Waals surface area contributed by atoms with E-state index in [9.17, 15) is 4.79 Å². The summed E-state index contributed by atoms with van der Waals surface area (Å²) in [4.78, 5) is 17.2. The fourth-order valence-corrected chi connectivity index (χ4v) is 4.48. The third kappa shape index (κ3) is 5.13. The summed E-state index contributed by atoms with van der Waals surface area (Å²) in [7, 11) is 0. The summed E-state index contributed by atoms with van der Waals surface area (Å²) in [6.45, 7) is 7.67. The van der Waals surface area contributed by atoms with Crippen LogP contribution in [0.4, 0.5) is 4.79 Å². The zero-order valence-electron chi connectivity index (χ0n) is 16.2. The highest BCUT2D eigenvalue weighted by Gasteiger charge is 2.36. The molecule has 0 saturated carbocycles. The number of benzene rings is 2. The summed E-state index contributed by atoms with van der Waals surface area (Å²) >= 11 is 1.57. The summed E-state index contributed by atoms with van der Waals surface area (Å²) in [6.07, 6.45) is 0.378. The van der Waals surface area contributed by atoms with E-state index in [1.54, 1.807) is 11.8 Å². The number of nitrogens with zero attached hydrogens (tertiary/aromatic N) is 1. The molecule has 5 heteroatoms. The molecule has 0 fully saturated rings. The number of nitrogens with one attached hydrogen (secondary N) is 1. The number of amides is 1. The summed E-state index contributed by atoms with van der Waals surface area (Å²) in [5.74, 6) is 0. The standard InChI is InChI=1S/C22H26N2O2S/c1-21(2,3)26-20(25)23-19-24-22(4,17-13-9-6-10-14-17)15-18(27-19)16-11-7-5-8-12-16/h5-14,18H,15H2,1-4H3,(H,23,24,25)/t18-,22+/m0/s1. The molecule has 0 unspecified atom stereocenters. The van der Waals surface area contributed by atoms with Crippen LogP contribution in [0.25, 0.3) is 0 Å². The van der Waals surface area contributed by atoms with E-state index < -0.39 is 17.2 Å². The van der Waals surface area contributed by atoms with E-state index >= 15 is 0 Å². The SMILES string of the molecule is CC(C)(C)OC(=O)NC1=N[C@@](C)(c2ccccc2)C[C@@H](c2ccccc2)S1. The fourth-order valence-electron chi connectivity index (χ4n) is 3.12. The van der Waals surface area contributed by atoms with Crippen molar-refractivity contribution in [3.8, 4) is 0 Å². The second kappa shape index (κ2) is 7.77. The van der Waals surface area contributed by atoms with Gasteiger partial charge in [-0.3, -0.25) is 10.3 Å². The van der Waals surface area contributed by atoms with E-state index in [1.165, 1.54) is 5.56 Å². The maximum absolute atomic E-state index is 12.3. The molecule has 27 heavy (non-hydrogen) atoms. The first-order valence-electron chi connectivity index (χ1n) is 9.12. The number of rotatable bonds is 2. The van der Waals surface area contributed by atoms with E-state index in [0.29, 0.717) is 5.17 Å². The number of ether oxygens (including phenoxy) is 1. The van der Waals surface area contributed by atoms with E-state index in [1.807, 2.05) is 57.2 Å². The highest BCUT2D eigenvalue weighted by molar-refractivity contribution is 8.14. The molecule has 0 saturated heterocycles. The van der Waals surface area contributed by atoms with E-state index in [0.717, 1.165) is 12.0 Å². The minimum Gasteiger partial charge on any atom is -0.444 e. The van der Waals surface area contributed by atoms with Gasteiger partial charge in [0.05, 0.1) is 5.54 Å². The number of aliphatic imine (C=N–C) groups is 1. The number of carbonyl (C=O) groups excluding carboxylic acids is 1. The van der Waals surface area contributed by atoms with Gasteiger partial charge in [0, 0.05) is 5.25 Å². The molecule has 0 spiro atoms. The Kier molecular flexibility index (Phi) is 5.61. The van der Waals surface area contributed by atoms with Crippen molar-refractivity contribution in [1.29, 1.82) is 0 Å². The molecule has 142 valence electrons. The van der Waals surface area contributed by atoms with Crippen LogP contribution in [0.2, 0.25) is 0 Å². The molecule has 2 aromatic rings. The van der Waals surface area contributed by atoms with Crippen molar-refractivity contribution in [2.24, 2.45) is 4.99 Å². The van der Waals surface area contributed by atoms with Crippen LogP contribution >= 0.6 is 11.8 Å². The first kappa shape index (κ1) is 19.5. The van der Waals surface area contributed by atoms with Gasteiger partial charge in [-0.05, 0) is 45.2 Å². The first-order valence-corrected chi connectivity index (χ1v) is 10.0. The number of thioether (sulfide) groups is 1. The molecular weight excluding hydrogens is 356 g/mol. The molecule has 1 heterocycles. The van der Waals surface area contributed by atoms with Crippen molar-refractivity contribution in [3.63, 3.8) is 0 Å². The number of amidine groups is 1. The lowest BCUT2D eigenvalue weighted by Crippen LogP contribution is -2.39. The van der Waals surface area contributed by atoms with Gasteiger partial charge in [0.1, 0.15) is 5.60 Å². The van der Waals surface area contributed by atoms with Crippen molar-refractivity contribution in [1.82, 2.24) is 5.32 Å². The minimum absolute atomic E-state index is 0.193. The molecule has 1 amide bonds. The van der Waals surface area contributed by atoms with Crippen molar-refractivity contribution in [2.75, 3.05) is 0 Å². The second-order valence-electron chi connectivity index (χ2n) is 7.91. The molecule has 2 aromatic carbocycles. The van der Waals surface area contributed by atoms with Crippen LogP contribution in [-0.2, 0) is 10.3 Å². The third-order valence-electron chi connectivity index (χ3n) is 4.36. The average Bonchev–Trinajstić information content (AvgIpc) is 2.61. The van der Waals surface area contributed by atoms with Crippen molar-refractivity contribution < 1.29 is 9.53 Å². The van der Waals surface area contributed by atoms with Crippen LogP contribution < -0.4 is 5.32 Å². The van der Waals surface area contributed by atoms with Crippen molar-refractivity contribution in [3.05, 3.63) is 71.8 Å². The molecular formula is C22H26N2O2S. The highest BCUT2D eigenvalue weighted by atomic mass is 32.2. The molecule has 0 radical (unpaired) electrons. The van der Waals surface area contributed by atoms with Gasteiger partial charge in [-0.1, -0.05) is 72.4 Å². The summed E-state index contributed by atoms with van der Waals surface area (Å²) in [5.41, 5.74) is 1.39. The molecule has 0 aliphatic carbocycles. The van der Waals surface area contributed by atoms with Gasteiger partial charge in [0.25, 0.3) is 0 Å². The fraction of sp³-hybridized carbons (Fsp3) is 0.364. The van der Waals surface area contributed by atoms with E-state index in [4.69, 9.17) is 9.73 Å². The lowest BCUT2D eigenvalue weighted by atomic mass is 9.86. The minimum atomic E-state index is -0.550. The normalized spacial score (nSPS) is 22.7. The highest BCUT2D eigenvalue weighted by Crippen LogP contribution is 2.46. The van der Waals surface area contributed by atoms with E-state index in [-0.39, 0.29) is 5.25 Å². The van der Waals surface area contributed by atoms with Gasteiger partial charge in [0.15, 0.2) is 5.17 Å². The molecule has 1 N–H and O–H groups in total. The zero-order valence-corrected chi connectivity index (χ0v) is 17.0. The monoisotopic (exact) mass is 382 g/mol. The Bertz CT molecular complexity index is 815. The molecule has 1 aliphatic rings. The molecule has 0 aromatic heterocycles. The van der Waals surface area contributed by atoms with Crippen LogP contribution in [0.5, 0.6) is 0 Å². The molecule has 0 bridgehead atoms. The topological polar surface area (TPSA) is 50.7 Å². The predicted molar refractivity (Wildman–Crippen MR) is 112 cm³/mol. The third-order valence-corrected chi connectivity index (χ3v) is 5.50. The lowest BCUT2D eigenvalue weighted by Gasteiger charge is -2.36. The Morgan fingerprint density at radius 1 is 1.11 bits per heavy atom.